The summed E-state index contributed by atoms with van der Waals surface area (Å²) in [5.41, 5.74) is 0.320. The number of rotatable bonds is 2. The number of ketones is 1. The van der Waals surface area contributed by atoms with Crippen LogP contribution < -0.4 is 5.43 Å². The molecule has 2 aromatic carbocycles. The molecule has 5 heteroatoms. The van der Waals surface area contributed by atoms with Crippen molar-refractivity contribution in [1.82, 2.24) is 0 Å². The maximum Gasteiger partial charge on any atom is 0.193 e. The fourth-order valence-electron chi connectivity index (χ4n) is 2.36. The Labute approximate surface area is 125 Å². The monoisotopic (exact) mass is 296 g/mol. The van der Waals surface area contributed by atoms with E-state index >= 15 is 0 Å². The van der Waals surface area contributed by atoms with Crippen molar-refractivity contribution in [3.05, 3.63) is 58.3 Å². The van der Waals surface area contributed by atoms with E-state index in [1.165, 1.54) is 25.1 Å². The van der Waals surface area contributed by atoms with Crippen LogP contribution in [0, 0.1) is 0 Å². The van der Waals surface area contributed by atoms with Gasteiger partial charge in [-0.25, -0.2) is 0 Å². The quantitative estimate of drug-likeness (QED) is 0.709. The number of hydrogen-bond acceptors (Lipinski definition) is 5. The molecule has 1 aromatic heterocycles. The third-order valence-corrected chi connectivity index (χ3v) is 3.37. The Morgan fingerprint density at radius 2 is 1.68 bits per heavy atom. The van der Waals surface area contributed by atoms with Crippen molar-refractivity contribution in [3.8, 4) is 22.8 Å². The largest absolute Gasteiger partial charge is 0.507 e. The number of phenols is 2. The van der Waals surface area contributed by atoms with Gasteiger partial charge in [0, 0.05) is 11.6 Å². The molecule has 0 radical (unpaired) electrons. The Bertz CT molecular complexity index is 930. The normalized spacial score (nSPS) is 10.8. The Kier molecular flexibility index (Phi) is 3.18. The molecule has 1 heterocycles. The van der Waals surface area contributed by atoms with Crippen LogP contribution in [0.1, 0.15) is 17.3 Å². The highest BCUT2D eigenvalue weighted by Gasteiger charge is 2.16. The second-order valence-electron chi connectivity index (χ2n) is 4.92. The van der Waals surface area contributed by atoms with Crippen molar-refractivity contribution < 1.29 is 19.4 Å². The van der Waals surface area contributed by atoms with Crippen molar-refractivity contribution in [2.24, 2.45) is 0 Å². The molecule has 0 aliphatic rings. The molecule has 0 fully saturated rings. The molecule has 0 atom stereocenters. The van der Waals surface area contributed by atoms with E-state index in [-0.39, 0.29) is 28.3 Å². The fourth-order valence-corrected chi connectivity index (χ4v) is 2.36. The second-order valence-corrected chi connectivity index (χ2v) is 4.92. The van der Waals surface area contributed by atoms with E-state index in [2.05, 4.69) is 0 Å². The number of Topliss-reactive ketones (excluding diaryl/α,β-unsaturated/α-hetero) is 1. The van der Waals surface area contributed by atoms with Crippen LogP contribution in [0.5, 0.6) is 11.5 Å². The Balaban J connectivity index is 2.24. The van der Waals surface area contributed by atoms with Gasteiger partial charge < -0.3 is 14.6 Å². The summed E-state index contributed by atoms with van der Waals surface area (Å²) in [6.45, 7) is 1.24. The van der Waals surface area contributed by atoms with Crippen molar-refractivity contribution in [2.45, 2.75) is 6.92 Å². The van der Waals surface area contributed by atoms with Gasteiger partial charge >= 0.3 is 0 Å². The van der Waals surface area contributed by atoms with E-state index in [1.54, 1.807) is 24.3 Å². The third kappa shape index (κ3) is 2.22. The van der Waals surface area contributed by atoms with E-state index in [0.29, 0.717) is 16.5 Å². The molecular formula is C17H12O5. The van der Waals surface area contributed by atoms with Gasteiger partial charge in [-0.15, -0.1) is 0 Å². The average molecular weight is 296 g/mol. The maximum atomic E-state index is 12.1. The number of benzene rings is 2. The van der Waals surface area contributed by atoms with Gasteiger partial charge in [-0.1, -0.05) is 12.1 Å². The lowest BCUT2D eigenvalue weighted by Crippen LogP contribution is -2.00. The first-order valence-corrected chi connectivity index (χ1v) is 6.57. The minimum atomic E-state index is -0.457. The van der Waals surface area contributed by atoms with Crippen LogP contribution in [0.2, 0.25) is 0 Å². The first-order chi connectivity index (χ1) is 10.5. The molecule has 5 nitrogen and oxygen atoms in total. The van der Waals surface area contributed by atoms with Crippen LogP contribution in [-0.4, -0.2) is 16.0 Å². The summed E-state index contributed by atoms with van der Waals surface area (Å²) in [6, 6.07) is 10.6. The van der Waals surface area contributed by atoms with Gasteiger partial charge in [0.2, 0.25) is 0 Å². The van der Waals surface area contributed by atoms with Crippen LogP contribution >= 0.6 is 0 Å². The summed E-state index contributed by atoms with van der Waals surface area (Å²) in [6.07, 6.45) is 0. The maximum absolute atomic E-state index is 12.1. The van der Waals surface area contributed by atoms with Gasteiger partial charge in [0.05, 0.1) is 5.39 Å². The minimum absolute atomic E-state index is 0.160. The molecule has 0 unspecified atom stereocenters. The van der Waals surface area contributed by atoms with Gasteiger partial charge in [-0.3, -0.25) is 9.59 Å². The fraction of sp³-hybridized carbons (Fsp3) is 0.0588. The first kappa shape index (κ1) is 13.9. The molecule has 2 N–H and O–H groups in total. The van der Waals surface area contributed by atoms with Crippen molar-refractivity contribution in [2.75, 3.05) is 0 Å². The SMILES string of the molecule is CC(=O)c1c(O)cc(-c2cc(=O)c3ccccc3o2)cc1O. The lowest BCUT2D eigenvalue weighted by molar-refractivity contribution is 0.101. The smallest absolute Gasteiger partial charge is 0.193 e. The molecular weight excluding hydrogens is 284 g/mol. The highest BCUT2D eigenvalue weighted by Crippen LogP contribution is 2.34. The second kappa shape index (κ2) is 5.04. The van der Waals surface area contributed by atoms with Gasteiger partial charge in [0.1, 0.15) is 28.4 Å². The Morgan fingerprint density at radius 1 is 1.05 bits per heavy atom. The minimum Gasteiger partial charge on any atom is -0.507 e. The Hall–Kier alpha value is -3.08. The van der Waals surface area contributed by atoms with Gasteiger partial charge in [-0.05, 0) is 31.2 Å². The standard InChI is InChI=1S/C17H12O5/c1-9(18)17-13(20)6-10(7-14(17)21)16-8-12(19)11-4-2-3-5-15(11)22-16/h2-8,20-21H,1H3. The summed E-state index contributed by atoms with van der Waals surface area (Å²) in [7, 11) is 0. The van der Waals surface area contributed by atoms with Crippen molar-refractivity contribution >= 4 is 16.8 Å². The summed E-state index contributed by atoms with van der Waals surface area (Å²) in [4.78, 5) is 23.4. The molecule has 0 bridgehead atoms. The summed E-state index contributed by atoms with van der Waals surface area (Å²) in [5, 5.41) is 20.2. The number of carbonyl (C=O) groups is 1. The molecule has 0 amide bonds. The van der Waals surface area contributed by atoms with Crippen LogP contribution in [-0.2, 0) is 0 Å². The molecule has 0 aliphatic carbocycles. The van der Waals surface area contributed by atoms with Gasteiger partial charge in [-0.2, -0.15) is 0 Å². The summed E-state index contributed by atoms with van der Waals surface area (Å²) in [5.74, 6) is -0.984. The first-order valence-electron chi connectivity index (χ1n) is 6.57. The zero-order chi connectivity index (χ0) is 15.9. The summed E-state index contributed by atoms with van der Waals surface area (Å²) < 4.78 is 5.63. The van der Waals surface area contributed by atoms with Crippen LogP contribution in [0.3, 0.4) is 0 Å². The lowest BCUT2D eigenvalue weighted by atomic mass is 10.0. The van der Waals surface area contributed by atoms with Gasteiger partial charge in [0.25, 0.3) is 0 Å². The number of hydrogen-bond donors (Lipinski definition) is 2. The highest BCUT2D eigenvalue weighted by molar-refractivity contribution is 6.00. The van der Waals surface area contributed by atoms with Crippen molar-refractivity contribution in [1.29, 1.82) is 0 Å². The van der Waals surface area contributed by atoms with E-state index in [1.807, 2.05) is 0 Å². The molecule has 3 rings (SSSR count). The third-order valence-electron chi connectivity index (χ3n) is 3.37. The zero-order valence-electron chi connectivity index (χ0n) is 11.7. The van der Waals surface area contributed by atoms with Crippen LogP contribution in [0.25, 0.3) is 22.3 Å². The number of phenolic OH excluding ortho intramolecular Hbond substituents is 2. The molecule has 110 valence electrons. The predicted molar refractivity (Wildman–Crippen MR) is 81.3 cm³/mol. The topological polar surface area (TPSA) is 87.7 Å². The predicted octanol–water partition coefficient (Wildman–Crippen LogP) is 3.07. The van der Waals surface area contributed by atoms with E-state index in [9.17, 15) is 19.8 Å². The molecule has 0 aliphatic heterocycles. The lowest BCUT2D eigenvalue weighted by Gasteiger charge is -2.08. The van der Waals surface area contributed by atoms with E-state index in [4.69, 9.17) is 4.42 Å². The summed E-state index contributed by atoms with van der Waals surface area (Å²) >= 11 is 0. The van der Waals surface area contributed by atoms with Crippen LogP contribution in [0.15, 0.2) is 51.7 Å². The Morgan fingerprint density at radius 3 is 2.32 bits per heavy atom. The zero-order valence-corrected chi connectivity index (χ0v) is 11.7. The molecule has 0 saturated heterocycles. The average Bonchev–Trinajstić information content (AvgIpc) is 2.46. The molecule has 0 spiro atoms. The number of para-hydroxylation sites is 1. The number of aromatic hydroxyl groups is 2. The van der Waals surface area contributed by atoms with Crippen molar-refractivity contribution in [3.63, 3.8) is 0 Å². The molecule has 22 heavy (non-hydrogen) atoms. The number of carbonyl (C=O) groups excluding carboxylic acids is 1. The van der Waals surface area contributed by atoms with E-state index < -0.39 is 5.78 Å². The highest BCUT2D eigenvalue weighted by atomic mass is 16.3. The van der Waals surface area contributed by atoms with E-state index in [0.717, 1.165) is 0 Å². The molecule has 3 aromatic rings. The van der Waals surface area contributed by atoms with Crippen LogP contribution in [0.4, 0.5) is 0 Å². The van der Waals surface area contributed by atoms with Gasteiger partial charge in [0.15, 0.2) is 11.2 Å². The number of fused-ring (bicyclic) bond motifs is 1. The molecule has 0 saturated carbocycles.